The van der Waals surface area contributed by atoms with Crippen LogP contribution in [-0.4, -0.2) is 23.8 Å². The molecule has 1 aromatic rings. The summed E-state index contributed by atoms with van der Waals surface area (Å²) in [6, 6.07) is 4.25. The molecule has 0 aliphatic rings. The average molecular weight is 265 g/mol. The Bertz CT molecular complexity index is 430. The molecule has 1 atom stereocenters. The molecule has 0 fully saturated rings. The van der Waals surface area contributed by atoms with Crippen LogP contribution < -0.4 is 5.32 Å². The van der Waals surface area contributed by atoms with Gasteiger partial charge in [-0.3, -0.25) is 5.32 Å². The zero-order chi connectivity index (χ0) is 14.0. The van der Waals surface area contributed by atoms with Crippen LogP contribution in [0.15, 0.2) is 24.3 Å². The minimum absolute atomic E-state index is 0.0423. The molecule has 0 bridgehead atoms. The van der Waals surface area contributed by atoms with E-state index in [0.717, 1.165) is 31.2 Å². The van der Waals surface area contributed by atoms with Gasteiger partial charge >= 0.3 is 12.1 Å². The van der Waals surface area contributed by atoms with E-state index in [0.29, 0.717) is 0 Å². The molecular formula is C11H11F4NO2. The summed E-state index contributed by atoms with van der Waals surface area (Å²) in [7, 11) is 0. The van der Waals surface area contributed by atoms with Crippen molar-refractivity contribution in [2.75, 3.05) is 6.54 Å². The third-order valence-electron chi connectivity index (χ3n) is 2.49. The van der Waals surface area contributed by atoms with E-state index >= 15 is 0 Å². The van der Waals surface area contributed by atoms with E-state index < -0.39 is 30.0 Å². The van der Waals surface area contributed by atoms with E-state index in [1.54, 1.807) is 0 Å². The standard InChI is InChI=1S/C11H11F4NO2/c1-10(9(17)18,16-6-11(13,14)15)7-2-4-8(12)5-3-7/h2-5,16H,6H2,1H3,(H,17,18). The fourth-order valence-electron chi connectivity index (χ4n) is 1.36. The van der Waals surface area contributed by atoms with Crippen molar-refractivity contribution in [3.8, 4) is 0 Å². The van der Waals surface area contributed by atoms with Crippen molar-refractivity contribution in [1.82, 2.24) is 5.32 Å². The number of halogens is 4. The van der Waals surface area contributed by atoms with Gasteiger partial charge in [0.1, 0.15) is 11.4 Å². The molecule has 0 saturated heterocycles. The highest BCUT2D eigenvalue weighted by Crippen LogP contribution is 2.23. The molecular weight excluding hydrogens is 254 g/mol. The van der Waals surface area contributed by atoms with E-state index in [9.17, 15) is 22.4 Å². The van der Waals surface area contributed by atoms with Crippen LogP contribution >= 0.6 is 0 Å². The van der Waals surface area contributed by atoms with E-state index in [4.69, 9.17) is 5.11 Å². The molecule has 0 saturated carbocycles. The lowest BCUT2D eigenvalue weighted by Gasteiger charge is -2.27. The monoisotopic (exact) mass is 265 g/mol. The van der Waals surface area contributed by atoms with Gasteiger partial charge in [0.05, 0.1) is 6.54 Å². The lowest BCUT2D eigenvalue weighted by Crippen LogP contribution is -2.50. The number of carbonyl (C=O) groups is 1. The maximum atomic E-state index is 12.7. The van der Waals surface area contributed by atoms with Gasteiger partial charge in [-0.15, -0.1) is 0 Å². The molecule has 100 valence electrons. The first-order chi connectivity index (χ1) is 8.15. The van der Waals surface area contributed by atoms with E-state index in [-0.39, 0.29) is 5.56 Å². The van der Waals surface area contributed by atoms with Crippen LogP contribution in [0.4, 0.5) is 17.6 Å². The van der Waals surface area contributed by atoms with Crippen LogP contribution in [-0.2, 0) is 10.3 Å². The zero-order valence-electron chi connectivity index (χ0n) is 9.38. The molecule has 0 aliphatic carbocycles. The minimum atomic E-state index is -4.53. The second-order valence-electron chi connectivity index (χ2n) is 3.91. The van der Waals surface area contributed by atoms with Gasteiger partial charge in [0.25, 0.3) is 0 Å². The molecule has 1 unspecified atom stereocenters. The van der Waals surface area contributed by atoms with Crippen molar-refractivity contribution in [2.24, 2.45) is 0 Å². The van der Waals surface area contributed by atoms with Crippen molar-refractivity contribution < 1.29 is 27.5 Å². The van der Waals surface area contributed by atoms with Crippen LogP contribution in [0.1, 0.15) is 12.5 Å². The molecule has 1 aromatic carbocycles. The molecule has 7 heteroatoms. The van der Waals surface area contributed by atoms with Gasteiger partial charge in [0, 0.05) is 0 Å². The molecule has 3 nitrogen and oxygen atoms in total. The van der Waals surface area contributed by atoms with Crippen LogP contribution in [0.2, 0.25) is 0 Å². The highest BCUT2D eigenvalue weighted by molar-refractivity contribution is 5.80. The molecule has 0 radical (unpaired) electrons. The lowest BCUT2D eigenvalue weighted by atomic mass is 9.92. The number of benzene rings is 1. The van der Waals surface area contributed by atoms with Crippen LogP contribution in [0.25, 0.3) is 0 Å². The van der Waals surface area contributed by atoms with Gasteiger partial charge in [-0.05, 0) is 24.6 Å². The largest absolute Gasteiger partial charge is 0.480 e. The molecule has 2 N–H and O–H groups in total. The number of hydrogen-bond donors (Lipinski definition) is 2. The molecule has 0 spiro atoms. The first-order valence-corrected chi connectivity index (χ1v) is 4.96. The second kappa shape index (κ2) is 4.93. The van der Waals surface area contributed by atoms with Gasteiger partial charge in [0.2, 0.25) is 0 Å². The summed E-state index contributed by atoms with van der Waals surface area (Å²) in [6.45, 7) is -0.360. The Hall–Kier alpha value is -1.63. The number of aliphatic carboxylic acids is 1. The summed E-state index contributed by atoms with van der Waals surface area (Å²) in [5.74, 6) is -2.07. The first-order valence-electron chi connectivity index (χ1n) is 4.96. The number of carboxylic acids is 1. The smallest absolute Gasteiger partial charge is 0.401 e. The SMILES string of the molecule is CC(NCC(F)(F)F)(C(=O)O)c1ccc(F)cc1. The Morgan fingerprint density at radius 3 is 2.17 bits per heavy atom. The van der Waals surface area contributed by atoms with Gasteiger partial charge in [-0.2, -0.15) is 13.2 Å². The quantitative estimate of drug-likeness (QED) is 0.821. The van der Waals surface area contributed by atoms with Gasteiger partial charge in [0.15, 0.2) is 0 Å². The third kappa shape index (κ3) is 3.43. The van der Waals surface area contributed by atoms with E-state index in [2.05, 4.69) is 0 Å². The number of nitrogens with one attached hydrogen (secondary N) is 1. The van der Waals surface area contributed by atoms with Crippen LogP contribution in [0, 0.1) is 5.82 Å². The number of hydrogen-bond acceptors (Lipinski definition) is 2. The Morgan fingerprint density at radius 2 is 1.78 bits per heavy atom. The highest BCUT2D eigenvalue weighted by Gasteiger charge is 2.39. The molecule has 1 rings (SSSR count). The van der Waals surface area contributed by atoms with Crippen molar-refractivity contribution in [3.05, 3.63) is 35.6 Å². The fourth-order valence-corrected chi connectivity index (χ4v) is 1.36. The normalized spacial score (nSPS) is 15.2. The summed E-state index contributed by atoms with van der Waals surface area (Å²) < 4.78 is 49.0. The third-order valence-corrected chi connectivity index (χ3v) is 2.49. The summed E-state index contributed by atoms with van der Waals surface area (Å²) in [5, 5.41) is 11.0. The van der Waals surface area contributed by atoms with E-state index in [1.807, 2.05) is 5.32 Å². The molecule has 0 heterocycles. The molecule has 18 heavy (non-hydrogen) atoms. The summed E-state index contributed by atoms with van der Waals surface area (Å²) in [6.07, 6.45) is -4.53. The maximum Gasteiger partial charge on any atom is 0.401 e. The predicted octanol–water partition coefficient (Wildman–Crippen LogP) is 2.28. The highest BCUT2D eigenvalue weighted by atomic mass is 19.4. The van der Waals surface area contributed by atoms with Gasteiger partial charge in [-0.1, -0.05) is 12.1 Å². The average Bonchev–Trinajstić information content (AvgIpc) is 2.25. The fraction of sp³-hybridized carbons (Fsp3) is 0.364. The van der Waals surface area contributed by atoms with Crippen molar-refractivity contribution in [3.63, 3.8) is 0 Å². The molecule has 0 amide bonds. The predicted molar refractivity (Wildman–Crippen MR) is 55.4 cm³/mol. The maximum absolute atomic E-state index is 12.7. The summed E-state index contributed by atoms with van der Waals surface area (Å²) in [4.78, 5) is 11.1. The van der Waals surface area contributed by atoms with Gasteiger partial charge < -0.3 is 5.11 Å². The van der Waals surface area contributed by atoms with E-state index in [1.165, 1.54) is 0 Å². The Kier molecular flexibility index (Phi) is 3.95. The second-order valence-corrected chi connectivity index (χ2v) is 3.91. The topological polar surface area (TPSA) is 49.3 Å². The lowest BCUT2D eigenvalue weighted by molar-refractivity contribution is -0.150. The van der Waals surface area contributed by atoms with Crippen LogP contribution in [0.5, 0.6) is 0 Å². The Morgan fingerprint density at radius 1 is 1.28 bits per heavy atom. The van der Waals surface area contributed by atoms with Gasteiger partial charge in [-0.25, -0.2) is 9.18 Å². The molecule has 0 aromatic heterocycles. The molecule has 0 aliphatic heterocycles. The first kappa shape index (κ1) is 14.4. The number of rotatable bonds is 4. The summed E-state index contributed by atoms with van der Waals surface area (Å²) in [5.41, 5.74) is -1.89. The number of carboxylic acid groups (broad SMARTS) is 1. The van der Waals surface area contributed by atoms with Crippen LogP contribution in [0.3, 0.4) is 0 Å². The Balaban J connectivity index is 3.00. The Labute approximate surface area is 100 Å². The summed E-state index contributed by atoms with van der Waals surface area (Å²) >= 11 is 0. The zero-order valence-corrected chi connectivity index (χ0v) is 9.38. The minimum Gasteiger partial charge on any atom is -0.480 e. The van der Waals surface area contributed by atoms with Crippen molar-refractivity contribution in [1.29, 1.82) is 0 Å². The van der Waals surface area contributed by atoms with Crippen molar-refractivity contribution >= 4 is 5.97 Å². The van der Waals surface area contributed by atoms with Crippen molar-refractivity contribution in [2.45, 2.75) is 18.6 Å². The number of alkyl halides is 3.